The fourth-order valence-electron chi connectivity index (χ4n) is 2.22. The van der Waals surface area contributed by atoms with E-state index in [0.717, 1.165) is 13.1 Å². The first-order chi connectivity index (χ1) is 9.28. The predicted molar refractivity (Wildman–Crippen MR) is 86.4 cm³/mol. The van der Waals surface area contributed by atoms with Crippen molar-refractivity contribution in [1.82, 2.24) is 10.2 Å². The van der Waals surface area contributed by atoms with Crippen LogP contribution in [0.2, 0.25) is 0 Å². The molecule has 1 N–H and O–H groups in total. The minimum absolute atomic E-state index is 0.238. The molecular weight excluding hydrogens is 272 g/mol. The average Bonchev–Trinajstić information content (AvgIpc) is 2.35. The summed E-state index contributed by atoms with van der Waals surface area (Å²) >= 11 is 2.03. The molecule has 1 amide bonds. The van der Waals surface area contributed by atoms with Gasteiger partial charge >= 0.3 is 6.09 Å². The zero-order chi connectivity index (χ0) is 15.2. The van der Waals surface area contributed by atoms with Crippen LogP contribution in [0.25, 0.3) is 0 Å². The van der Waals surface area contributed by atoms with E-state index < -0.39 is 5.60 Å². The molecular formula is C15H30N2O2S. The first-order valence-corrected chi connectivity index (χ1v) is 8.68. The fourth-order valence-corrected chi connectivity index (χ4v) is 3.32. The van der Waals surface area contributed by atoms with E-state index in [4.69, 9.17) is 4.74 Å². The molecule has 0 aromatic carbocycles. The van der Waals surface area contributed by atoms with Gasteiger partial charge in [0, 0.05) is 25.4 Å². The molecule has 1 fully saturated rings. The van der Waals surface area contributed by atoms with Gasteiger partial charge in [-0.15, -0.1) is 0 Å². The maximum absolute atomic E-state index is 11.9. The van der Waals surface area contributed by atoms with Crippen molar-refractivity contribution in [1.29, 1.82) is 0 Å². The molecule has 1 aliphatic rings. The molecule has 0 radical (unpaired) electrons. The van der Waals surface area contributed by atoms with Crippen LogP contribution in [0.1, 0.15) is 40.5 Å². The topological polar surface area (TPSA) is 41.6 Å². The Morgan fingerprint density at radius 1 is 1.50 bits per heavy atom. The minimum atomic E-state index is -0.424. The summed E-state index contributed by atoms with van der Waals surface area (Å²) in [5.41, 5.74) is -0.424. The van der Waals surface area contributed by atoms with Crippen molar-refractivity contribution in [3.63, 3.8) is 0 Å². The Kier molecular flexibility index (Phi) is 7.17. The van der Waals surface area contributed by atoms with Gasteiger partial charge in [-0.1, -0.05) is 6.92 Å². The second kappa shape index (κ2) is 8.13. The highest BCUT2D eigenvalue weighted by Crippen LogP contribution is 2.17. The molecule has 0 saturated carbocycles. The van der Waals surface area contributed by atoms with Crippen LogP contribution >= 0.6 is 11.8 Å². The lowest BCUT2D eigenvalue weighted by Crippen LogP contribution is -2.41. The fraction of sp³-hybridized carbons (Fsp3) is 0.933. The van der Waals surface area contributed by atoms with E-state index in [-0.39, 0.29) is 6.09 Å². The van der Waals surface area contributed by atoms with Crippen molar-refractivity contribution in [3.05, 3.63) is 0 Å². The Hall–Kier alpha value is -0.420. The molecule has 1 rings (SSSR count). The molecule has 20 heavy (non-hydrogen) atoms. The third-order valence-electron chi connectivity index (χ3n) is 3.21. The second-order valence-electron chi connectivity index (χ2n) is 6.79. The van der Waals surface area contributed by atoms with E-state index in [2.05, 4.69) is 12.2 Å². The van der Waals surface area contributed by atoms with Crippen molar-refractivity contribution in [2.75, 3.05) is 31.6 Å². The normalized spacial score (nSPS) is 21.4. The minimum Gasteiger partial charge on any atom is -0.444 e. The first-order valence-electron chi connectivity index (χ1n) is 7.53. The van der Waals surface area contributed by atoms with Gasteiger partial charge in [0.05, 0.1) is 0 Å². The molecule has 0 spiro atoms. The highest BCUT2D eigenvalue weighted by Gasteiger charge is 2.21. The molecule has 1 aliphatic heterocycles. The number of hydrogen-bond donors (Lipinski definition) is 1. The highest BCUT2D eigenvalue weighted by atomic mass is 32.2. The summed E-state index contributed by atoms with van der Waals surface area (Å²) in [4.78, 5) is 13.6. The van der Waals surface area contributed by atoms with E-state index in [1.807, 2.05) is 32.5 Å². The van der Waals surface area contributed by atoms with Crippen LogP contribution in [-0.4, -0.2) is 54.3 Å². The number of carbonyl (C=O) groups excluding carboxylic acids is 1. The standard InChI is InChI=1S/C15H30N2O2S/c1-12(9-16-13-7-6-8-20-11-13)10-17(5)14(18)19-15(2,3)4/h12-13,16H,6-11H2,1-5H3. The third-order valence-corrected chi connectivity index (χ3v) is 4.42. The Morgan fingerprint density at radius 3 is 2.75 bits per heavy atom. The van der Waals surface area contributed by atoms with Gasteiger partial charge in [0.25, 0.3) is 0 Å². The van der Waals surface area contributed by atoms with Crippen LogP contribution in [0, 0.1) is 5.92 Å². The highest BCUT2D eigenvalue weighted by molar-refractivity contribution is 7.99. The number of thioether (sulfide) groups is 1. The van der Waals surface area contributed by atoms with E-state index in [0.29, 0.717) is 12.0 Å². The van der Waals surface area contributed by atoms with E-state index in [1.54, 1.807) is 11.9 Å². The molecule has 118 valence electrons. The molecule has 1 saturated heterocycles. The third kappa shape index (κ3) is 7.39. The van der Waals surface area contributed by atoms with Crippen LogP contribution in [0.4, 0.5) is 4.79 Å². The van der Waals surface area contributed by atoms with Gasteiger partial charge in [-0.2, -0.15) is 11.8 Å². The maximum Gasteiger partial charge on any atom is 0.410 e. The summed E-state index contributed by atoms with van der Waals surface area (Å²) in [6, 6.07) is 0.642. The summed E-state index contributed by atoms with van der Waals surface area (Å²) in [7, 11) is 1.81. The summed E-state index contributed by atoms with van der Waals surface area (Å²) in [6.45, 7) is 9.53. The lowest BCUT2D eigenvalue weighted by atomic mass is 10.1. The number of hydrogen-bond acceptors (Lipinski definition) is 4. The van der Waals surface area contributed by atoms with Crippen LogP contribution in [-0.2, 0) is 4.74 Å². The van der Waals surface area contributed by atoms with Crippen molar-refractivity contribution >= 4 is 17.9 Å². The van der Waals surface area contributed by atoms with Gasteiger partial charge in [0.15, 0.2) is 0 Å². The molecule has 2 unspecified atom stereocenters. The zero-order valence-corrected chi connectivity index (χ0v) is 14.4. The molecule has 0 aliphatic carbocycles. The smallest absolute Gasteiger partial charge is 0.410 e. The van der Waals surface area contributed by atoms with Crippen LogP contribution in [0.3, 0.4) is 0 Å². The maximum atomic E-state index is 11.9. The number of rotatable bonds is 5. The summed E-state index contributed by atoms with van der Waals surface area (Å²) in [5, 5.41) is 3.61. The van der Waals surface area contributed by atoms with Gasteiger partial charge in [-0.3, -0.25) is 0 Å². The van der Waals surface area contributed by atoms with Gasteiger partial charge in [-0.05, 0) is 51.8 Å². The number of nitrogens with one attached hydrogen (secondary N) is 1. The van der Waals surface area contributed by atoms with E-state index in [1.165, 1.54) is 24.3 Å². The SMILES string of the molecule is CC(CNC1CCCSC1)CN(C)C(=O)OC(C)(C)C. The summed E-state index contributed by atoms with van der Waals surface area (Å²) < 4.78 is 5.36. The molecule has 1 heterocycles. The van der Waals surface area contributed by atoms with Crippen molar-refractivity contribution < 1.29 is 9.53 Å². The van der Waals surface area contributed by atoms with Gasteiger partial charge in [0.2, 0.25) is 0 Å². The van der Waals surface area contributed by atoms with Crippen molar-refractivity contribution in [3.8, 4) is 0 Å². The van der Waals surface area contributed by atoms with Crippen LogP contribution in [0.5, 0.6) is 0 Å². The van der Waals surface area contributed by atoms with E-state index in [9.17, 15) is 4.79 Å². The first kappa shape index (κ1) is 17.6. The molecule has 5 heteroatoms. The predicted octanol–water partition coefficient (Wildman–Crippen LogP) is 2.97. The van der Waals surface area contributed by atoms with Crippen molar-refractivity contribution in [2.24, 2.45) is 5.92 Å². The Bertz CT molecular complexity index is 299. The Morgan fingerprint density at radius 2 is 2.20 bits per heavy atom. The second-order valence-corrected chi connectivity index (χ2v) is 7.94. The molecule has 0 aromatic heterocycles. The molecule has 2 atom stereocenters. The summed E-state index contributed by atoms with van der Waals surface area (Å²) in [5.74, 6) is 2.95. The van der Waals surface area contributed by atoms with Crippen LogP contribution < -0.4 is 5.32 Å². The van der Waals surface area contributed by atoms with Crippen molar-refractivity contribution in [2.45, 2.75) is 52.2 Å². The number of nitrogens with zero attached hydrogens (tertiary/aromatic N) is 1. The number of carbonyl (C=O) groups is 1. The van der Waals surface area contributed by atoms with Gasteiger partial charge < -0.3 is 15.0 Å². The summed E-state index contributed by atoms with van der Waals surface area (Å²) in [6.07, 6.45) is 2.36. The quantitative estimate of drug-likeness (QED) is 0.848. The Labute approximate surface area is 128 Å². The lowest BCUT2D eigenvalue weighted by molar-refractivity contribution is 0.0276. The zero-order valence-electron chi connectivity index (χ0n) is 13.6. The van der Waals surface area contributed by atoms with E-state index >= 15 is 0 Å². The lowest BCUT2D eigenvalue weighted by Gasteiger charge is -2.28. The monoisotopic (exact) mass is 302 g/mol. The average molecular weight is 302 g/mol. The molecule has 0 aromatic rings. The van der Waals surface area contributed by atoms with Gasteiger partial charge in [-0.25, -0.2) is 4.79 Å². The number of amides is 1. The number of ether oxygens (including phenoxy) is 1. The Balaban J connectivity index is 2.23. The molecule has 4 nitrogen and oxygen atoms in total. The van der Waals surface area contributed by atoms with Gasteiger partial charge in [0.1, 0.15) is 5.60 Å². The van der Waals surface area contributed by atoms with Crippen LogP contribution in [0.15, 0.2) is 0 Å². The molecule has 0 bridgehead atoms. The largest absolute Gasteiger partial charge is 0.444 e.